The smallest absolute Gasteiger partial charge is 0.335 e. The number of ether oxygens (including phenoxy) is 3. The summed E-state index contributed by atoms with van der Waals surface area (Å²) in [4.78, 5) is 42.2. The zero-order chi connectivity index (χ0) is 26.8. The fourth-order valence-electron chi connectivity index (χ4n) is 3.80. The van der Waals surface area contributed by atoms with Crippen LogP contribution in [0.1, 0.15) is 21.5 Å². The van der Waals surface area contributed by atoms with E-state index in [2.05, 4.69) is 4.99 Å². The van der Waals surface area contributed by atoms with Crippen LogP contribution in [0.3, 0.4) is 0 Å². The first-order chi connectivity index (χ1) is 18.3. The molecule has 0 unspecified atom stereocenters. The number of carbonyl (C=O) groups is 2. The Morgan fingerprint density at radius 2 is 1.84 bits per heavy atom. The minimum atomic E-state index is -1.05. The molecule has 2 heterocycles. The predicted octanol–water partition coefficient (Wildman–Crippen LogP) is 4.83. The van der Waals surface area contributed by atoms with Crippen LogP contribution in [0, 0.1) is 10.1 Å². The maximum atomic E-state index is 13.5. The van der Waals surface area contributed by atoms with Crippen LogP contribution in [0.15, 0.2) is 70.6 Å². The molecule has 2 aliphatic rings. The first-order valence-corrected chi connectivity index (χ1v) is 12.0. The Hall–Kier alpha value is -4.84. The van der Waals surface area contributed by atoms with E-state index in [1.54, 1.807) is 43.5 Å². The fourth-order valence-corrected chi connectivity index (χ4v) is 4.78. The standard InChI is InChI=1S/C26H19N3O8S/c1-35-19-8-6-18(7-9-19)27-26-28(13-15-2-4-16(5-3-15)25(31)32)24(30)23(38-26)11-17-10-21-22(37-14-36-21)12-20(17)29(33)34/h2-12H,13-14H2,1H3,(H,31,32)/b23-11+,27-26?. The molecule has 1 amide bonds. The van der Waals surface area contributed by atoms with E-state index in [0.717, 1.165) is 11.8 Å². The Kier molecular flexibility index (Phi) is 6.71. The van der Waals surface area contributed by atoms with Crippen molar-refractivity contribution in [2.45, 2.75) is 6.54 Å². The van der Waals surface area contributed by atoms with Gasteiger partial charge in [0.15, 0.2) is 16.7 Å². The molecular formula is C26H19N3O8S. The number of aliphatic imine (C=N–C) groups is 1. The first kappa shape index (κ1) is 24.8. The number of amides is 1. The van der Waals surface area contributed by atoms with Crippen molar-refractivity contribution in [3.63, 3.8) is 0 Å². The Bertz CT molecular complexity index is 1500. The number of rotatable bonds is 7. The molecule has 0 radical (unpaired) electrons. The number of benzene rings is 3. The van der Waals surface area contributed by atoms with E-state index in [-0.39, 0.29) is 40.8 Å². The van der Waals surface area contributed by atoms with Crippen LogP contribution in [0.5, 0.6) is 17.2 Å². The number of hydrogen-bond acceptors (Lipinski definition) is 9. The number of hydrogen-bond donors (Lipinski definition) is 1. The molecule has 1 saturated heterocycles. The number of methoxy groups -OCH3 is 1. The number of amidine groups is 1. The van der Waals surface area contributed by atoms with Gasteiger partial charge in [-0.3, -0.25) is 19.8 Å². The topological polar surface area (TPSA) is 141 Å². The lowest BCUT2D eigenvalue weighted by atomic mass is 10.1. The number of carboxylic acids is 1. The number of carboxylic acid groups (broad SMARTS) is 1. The molecular weight excluding hydrogens is 514 g/mol. The van der Waals surface area contributed by atoms with Crippen molar-refractivity contribution < 1.29 is 33.8 Å². The van der Waals surface area contributed by atoms with Crippen LogP contribution in [0.2, 0.25) is 0 Å². The highest BCUT2D eigenvalue weighted by atomic mass is 32.2. The summed E-state index contributed by atoms with van der Waals surface area (Å²) in [5.41, 5.74) is 1.33. The van der Waals surface area contributed by atoms with E-state index in [1.165, 1.54) is 35.2 Å². The number of thioether (sulfide) groups is 1. The quantitative estimate of drug-likeness (QED) is 0.257. The lowest BCUT2D eigenvalue weighted by molar-refractivity contribution is -0.385. The second-order valence-corrected chi connectivity index (χ2v) is 9.13. The van der Waals surface area contributed by atoms with Crippen LogP contribution in [0.4, 0.5) is 11.4 Å². The van der Waals surface area contributed by atoms with Gasteiger partial charge in [-0.25, -0.2) is 9.79 Å². The van der Waals surface area contributed by atoms with Gasteiger partial charge < -0.3 is 19.3 Å². The molecule has 1 N–H and O–H groups in total. The molecule has 1 fully saturated rings. The molecule has 2 aliphatic heterocycles. The van der Waals surface area contributed by atoms with E-state index in [1.807, 2.05) is 0 Å². The van der Waals surface area contributed by atoms with Crippen molar-refractivity contribution in [2.24, 2.45) is 4.99 Å². The number of nitrogens with zero attached hydrogens (tertiary/aromatic N) is 3. The molecule has 11 nitrogen and oxygen atoms in total. The maximum Gasteiger partial charge on any atom is 0.335 e. The molecule has 192 valence electrons. The molecule has 0 aliphatic carbocycles. The van der Waals surface area contributed by atoms with Gasteiger partial charge in [-0.05, 0) is 65.9 Å². The maximum absolute atomic E-state index is 13.5. The van der Waals surface area contributed by atoms with E-state index in [9.17, 15) is 24.8 Å². The van der Waals surface area contributed by atoms with Gasteiger partial charge in [-0.2, -0.15) is 0 Å². The summed E-state index contributed by atoms with van der Waals surface area (Å²) in [6, 6.07) is 15.8. The third kappa shape index (κ3) is 5.02. The van der Waals surface area contributed by atoms with Crippen LogP contribution < -0.4 is 14.2 Å². The highest BCUT2D eigenvalue weighted by Crippen LogP contribution is 2.41. The summed E-state index contributed by atoms with van der Waals surface area (Å²) in [6.07, 6.45) is 1.43. The van der Waals surface area contributed by atoms with Gasteiger partial charge in [0.25, 0.3) is 11.6 Å². The largest absolute Gasteiger partial charge is 0.497 e. The van der Waals surface area contributed by atoms with Gasteiger partial charge in [-0.1, -0.05) is 12.1 Å². The summed E-state index contributed by atoms with van der Waals surface area (Å²) in [6.45, 7) is 0.0641. The molecule has 0 bridgehead atoms. The summed E-state index contributed by atoms with van der Waals surface area (Å²) < 4.78 is 15.8. The van der Waals surface area contributed by atoms with E-state index in [0.29, 0.717) is 27.9 Å². The molecule has 38 heavy (non-hydrogen) atoms. The first-order valence-electron chi connectivity index (χ1n) is 11.2. The minimum absolute atomic E-state index is 0.0483. The normalized spacial score (nSPS) is 16.3. The van der Waals surface area contributed by atoms with Crippen molar-refractivity contribution >= 4 is 46.3 Å². The molecule has 0 saturated carbocycles. The average molecular weight is 534 g/mol. The zero-order valence-corrected chi connectivity index (χ0v) is 20.6. The van der Waals surface area contributed by atoms with Gasteiger partial charge >= 0.3 is 5.97 Å². The SMILES string of the molecule is COc1ccc(N=C2S/C(=C/c3cc4c(cc3[N+](=O)[O-])OCO4)C(=O)N2Cc2ccc(C(=O)O)cc2)cc1. The predicted molar refractivity (Wildman–Crippen MR) is 139 cm³/mol. The monoisotopic (exact) mass is 533 g/mol. The molecule has 0 aromatic heterocycles. The lowest BCUT2D eigenvalue weighted by Crippen LogP contribution is -2.28. The third-order valence-corrected chi connectivity index (χ3v) is 6.74. The van der Waals surface area contributed by atoms with Crippen molar-refractivity contribution in [1.29, 1.82) is 0 Å². The van der Waals surface area contributed by atoms with Crippen LogP contribution in [-0.4, -0.2) is 45.9 Å². The number of carbonyl (C=O) groups excluding carboxylic acids is 1. The number of nitro benzene ring substituents is 1. The van der Waals surface area contributed by atoms with Gasteiger partial charge in [-0.15, -0.1) is 0 Å². The van der Waals surface area contributed by atoms with Crippen LogP contribution in [0.25, 0.3) is 6.08 Å². The number of fused-ring (bicyclic) bond motifs is 1. The Morgan fingerprint density at radius 1 is 1.16 bits per heavy atom. The second-order valence-electron chi connectivity index (χ2n) is 8.12. The van der Waals surface area contributed by atoms with Gasteiger partial charge in [0.1, 0.15) is 5.75 Å². The zero-order valence-electron chi connectivity index (χ0n) is 19.8. The highest BCUT2D eigenvalue weighted by Gasteiger charge is 2.34. The molecule has 12 heteroatoms. The second kappa shape index (κ2) is 10.3. The number of nitro groups is 1. The van der Waals surface area contributed by atoms with E-state index in [4.69, 9.17) is 14.2 Å². The lowest BCUT2D eigenvalue weighted by Gasteiger charge is -2.16. The molecule has 3 aromatic carbocycles. The third-order valence-electron chi connectivity index (χ3n) is 5.73. The van der Waals surface area contributed by atoms with Crippen molar-refractivity contribution in [3.8, 4) is 17.2 Å². The van der Waals surface area contributed by atoms with Gasteiger partial charge in [0.05, 0.1) is 46.4 Å². The highest BCUT2D eigenvalue weighted by molar-refractivity contribution is 8.18. The Morgan fingerprint density at radius 3 is 2.47 bits per heavy atom. The summed E-state index contributed by atoms with van der Waals surface area (Å²) >= 11 is 1.07. The molecule has 0 atom stereocenters. The number of aromatic carboxylic acids is 1. The van der Waals surface area contributed by atoms with E-state index < -0.39 is 16.8 Å². The molecule has 3 aromatic rings. The summed E-state index contributed by atoms with van der Waals surface area (Å²) in [5, 5.41) is 21.2. The fraction of sp³-hybridized carbons (Fsp3) is 0.115. The molecule has 5 rings (SSSR count). The summed E-state index contributed by atoms with van der Waals surface area (Å²) in [7, 11) is 1.55. The van der Waals surface area contributed by atoms with Gasteiger partial charge in [0.2, 0.25) is 6.79 Å². The van der Waals surface area contributed by atoms with Crippen molar-refractivity contribution in [3.05, 3.63) is 92.4 Å². The molecule has 0 spiro atoms. The van der Waals surface area contributed by atoms with Crippen molar-refractivity contribution in [1.82, 2.24) is 4.90 Å². The van der Waals surface area contributed by atoms with E-state index >= 15 is 0 Å². The average Bonchev–Trinajstić information content (AvgIpc) is 3.48. The van der Waals surface area contributed by atoms with Crippen LogP contribution >= 0.6 is 11.8 Å². The van der Waals surface area contributed by atoms with Crippen LogP contribution in [-0.2, 0) is 11.3 Å². The summed E-state index contributed by atoms with van der Waals surface area (Å²) in [5.74, 6) is -0.203. The van der Waals surface area contributed by atoms with Crippen molar-refractivity contribution in [2.75, 3.05) is 13.9 Å². The van der Waals surface area contributed by atoms with Gasteiger partial charge in [0, 0.05) is 0 Å². The Labute approximate surface area is 220 Å². The minimum Gasteiger partial charge on any atom is -0.497 e. The Balaban J connectivity index is 1.53.